The molecule has 48 heavy (non-hydrogen) atoms. The average Bonchev–Trinajstić information content (AvgIpc) is 3.11. The highest BCUT2D eigenvalue weighted by atomic mass is 16.6. The molecule has 0 N–H and O–H groups in total. The number of allylic oxidation sites excluding steroid dienone is 1. The molecule has 0 amide bonds. The Morgan fingerprint density at radius 3 is 1.27 bits per heavy atom. The van der Waals surface area contributed by atoms with Gasteiger partial charge in [-0.2, -0.15) is 0 Å². The second kappa shape index (κ2) is 30.7. The van der Waals surface area contributed by atoms with E-state index < -0.39 is 0 Å². The maximum Gasteiger partial charge on any atom is 0.126 e. The summed E-state index contributed by atoms with van der Waals surface area (Å²) in [6.07, 6.45) is 5.14. The normalized spacial score (nSPS) is 12.2. The van der Waals surface area contributed by atoms with E-state index in [9.17, 15) is 0 Å². The smallest absolute Gasteiger partial charge is 0.126 e. The van der Waals surface area contributed by atoms with E-state index in [1.54, 1.807) is 0 Å². The molecule has 0 fully saturated rings. The monoisotopic (exact) mass is 676 g/mol. The molecule has 0 aliphatic rings. The predicted molar refractivity (Wildman–Crippen MR) is 188 cm³/mol. The minimum Gasteiger partial charge on any atom is -0.491 e. The fourth-order valence-electron chi connectivity index (χ4n) is 4.43. The molecule has 0 aliphatic heterocycles. The highest BCUT2D eigenvalue weighted by Crippen LogP contribution is 2.29. The number of rotatable bonds is 33. The molecular weight excluding hydrogens is 616 g/mol. The van der Waals surface area contributed by atoms with Crippen LogP contribution in [-0.2, 0) is 42.6 Å². The molecule has 0 saturated heterocycles. The van der Waals surface area contributed by atoms with Gasteiger partial charge in [0.25, 0.3) is 0 Å². The van der Waals surface area contributed by atoms with Crippen LogP contribution in [0.3, 0.4) is 0 Å². The fourth-order valence-corrected chi connectivity index (χ4v) is 4.43. The summed E-state index contributed by atoms with van der Waals surface area (Å²) in [5.41, 5.74) is 3.63. The van der Waals surface area contributed by atoms with Crippen molar-refractivity contribution in [3.63, 3.8) is 0 Å². The van der Waals surface area contributed by atoms with Crippen molar-refractivity contribution >= 4 is 6.08 Å². The maximum absolute atomic E-state index is 6.02. The molecule has 2 aromatic rings. The first-order valence-corrected chi connectivity index (χ1v) is 17.4. The van der Waals surface area contributed by atoms with Crippen LogP contribution >= 0.6 is 0 Å². The summed E-state index contributed by atoms with van der Waals surface area (Å²) in [6.45, 7) is 16.6. The number of hydrogen-bond acceptors (Lipinski definition) is 10. The number of benzene rings is 2. The molecule has 272 valence electrons. The van der Waals surface area contributed by atoms with Gasteiger partial charge in [0.05, 0.1) is 112 Å². The van der Waals surface area contributed by atoms with Crippen LogP contribution in [0.15, 0.2) is 54.6 Å². The van der Waals surface area contributed by atoms with E-state index in [2.05, 4.69) is 62.4 Å². The molecule has 2 aromatic carbocycles. The van der Waals surface area contributed by atoms with E-state index in [0.717, 1.165) is 24.3 Å². The molecule has 0 radical (unpaired) electrons. The van der Waals surface area contributed by atoms with Gasteiger partial charge in [-0.25, -0.2) is 0 Å². The standard InChI is InChI=1S/C38H60O10/c1-4-9-37-33-36(34(3)35-10-7-6-8-11-35)12-13-38(37)48-32-31-47-30-29-46-28-27-45-26-25-44-24-23-43-22-21-42-20-19-41-18-17-40-16-15-39-14-5-2/h4,6-13,33-34H,5,14-32H2,1-3H3/b9-4+. The van der Waals surface area contributed by atoms with Crippen molar-refractivity contribution in [3.8, 4) is 5.75 Å². The molecule has 0 spiro atoms. The second-order valence-electron chi connectivity index (χ2n) is 10.8. The average molecular weight is 677 g/mol. The Hall–Kier alpha value is -2.38. The molecular formula is C38H60O10. The largest absolute Gasteiger partial charge is 0.491 e. The predicted octanol–water partition coefficient (Wildman–Crippen LogP) is 5.81. The van der Waals surface area contributed by atoms with Crippen molar-refractivity contribution in [1.29, 1.82) is 0 Å². The summed E-state index contributed by atoms with van der Waals surface area (Å²) in [5, 5.41) is 0. The Kier molecular flexibility index (Phi) is 26.7. The van der Waals surface area contributed by atoms with Gasteiger partial charge in [0, 0.05) is 18.1 Å². The third-order valence-corrected chi connectivity index (χ3v) is 6.99. The maximum atomic E-state index is 6.02. The topological polar surface area (TPSA) is 92.3 Å². The van der Waals surface area contributed by atoms with Gasteiger partial charge in [-0.3, -0.25) is 0 Å². The van der Waals surface area contributed by atoms with Gasteiger partial charge in [-0.15, -0.1) is 0 Å². The molecule has 0 saturated carbocycles. The van der Waals surface area contributed by atoms with E-state index in [1.165, 1.54) is 11.1 Å². The summed E-state index contributed by atoms with van der Waals surface area (Å²) in [5.74, 6) is 1.17. The molecule has 1 unspecified atom stereocenters. The summed E-state index contributed by atoms with van der Waals surface area (Å²) in [4.78, 5) is 0. The van der Waals surface area contributed by atoms with Gasteiger partial charge in [0.1, 0.15) is 12.4 Å². The van der Waals surface area contributed by atoms with Crippen LogP contribution in [0.5, 0.6) is 5.75 Å². The van der Waals surface area contributed by atoms with Crippen molar-refractivity contribution in [2.75, 3.05) is 126 Å². The molecule has 0 heterocycles. The molecule has 10 heteroatoms. The van der Waals surface area contributed by atoms with Crippen LogP contribution in [0, 0.1) is 0 Å². The fraction of sp³-hybridized carbons (Fsp3) is 0.632. The third-order valence-electron chi connectivity index (χ3n) is 6.99. The van der Waals surface area contributed by atoms with E-state index in [0.29, 0.717) is 125 Å². The third kappa shape index (κ3) is 21.6. The van der Waals surface area contributed by atoms with Crippen LogP contribution in [-0.4, -0.2) is 126 Å². The Morgan fingerprint density at radius 1 is 0.479 bits per heavy atom. The summed E-state index contributed by atoms with van der Waals surface area (Å²) in [6, 6.07) is 16.9. The van der Waals surface area contributed by atoms with Gasteiger partial charge in [0.2, 0.25) is 0 Å². The zero-order valence-electron chi connectivity index (χ0n) is 29.6. The van der Waals surface area contributed by atoms with Crippen molar-refractivity contribution in [2.24, 2.45) is 0 Å². The lowest BCUT2D eigenvalue weighted by atomic mass is 9.92. The first-order chi connectivity index (χ1) is 23.8. The Balaban J connectivity index is 1.31. The van der Waals surface area contributed by atoms with Crippen LogP contribution in [0.1, 0.15) is 49.8 Å². The highest BCUT2D eigenvalue weighted by molar-refractivity contribution is 5.59. The minimum atomic E-state index is 0.309. The minimum absolute atomic E-state index is 0.309. The van der Waals surface area contributed by atoms with E-state index >= 15 is 0 Å². The van der Waals surface area contributed by atoms with Gasteiger partial charge >= 0.3 is 0 Å². The number of ether oxygens (including phenoxy) is 10. The first kappa shape index (κ1) is 41.8. The molecule has 0 aromatic heterocycles. The molecule has 0 aliphatic carbocycles. The Labute approximate surface area is 288 Å². The van der Waals surface area contributed by atoms with E-state index in [-0.39, 0.29) is 0 Å². The first-order valence-electron chi connectivity index (χ1n) is 17.4. The van der Waals surface area contributed by atoms with Crippen LogP contribution in [0.25, 0.3) is 6.08 Å². The lowest BCUT2D eigenvalue weighted by Gasteiger charge is -2.16. The van der Waals surface area contributed by atoms with Crippen molar-refractivity contribution in [1.82, 2.24) is 0 Å². The summed E-state index contributed by atoms with van der Waals surface area (Å²) in [7, 11) is 0. The Bertz CT molecular complexity index is 1020. The SMILES string of the molecule is C/C=C/c1cc(C(C)c2ccccc2)ccc1OCCOCCOCCOCCOCCOCCOCCOCCOCCOCCC. The molecule has 2 rings (SSSR count). The quantitative estimate of drug-likeness (QED) is 0.0863. The van der Waals surface area contributed by atoms with Crippen molar-refractivity contribution in [3.05, 3.63) is 71.3 Å². The van der Waals surface area contributed by atoms with Gasteiger partial charge < -0.3 is 47.4 Å². The van der Waals surface area contributed by atoms with Crippen LogP contribution in [0.4, 0.5) is 0 Å². The van der Waals surface area contributed by atoms with Crippen LogP contribution < -0.4 is 4.74 Å². The zero-order chi connectivity index (χ0) is 34.2. The molecule has 10 nitrogen and oxygen atoms in total. The van der Waals surface area contributed by atoms with Crippen LogP contribution in [0.2, 0.25) is 0 Å². The molecule has 0 bridgehead atoms. The Morgan fingerprint density at radius 2 is 0.875 bits per heavy atom. The summed E-state index contributed by atoms with van der Waals surface area (Å²) >= 11 is 0. The number of hydrogen-bond donors (Lipinski definition) is 0. The lowest BCUT2D eigenvalue weighted by molar-refractivity contribution is -0.0253. The highest BCUT2D eigenvalue weighted by Gasteiger charge is 2.11. The second-order valence-corrected chi connectivity index (χ2v) is 10.8. The lowest BCUT2D eigenvalue weighted by Crippen LogP contribution is -2.15. The van der Waals surface area contributed by atoms with Crippen molar-refractivity contribution in [2.45, 2.75) is 33.1 Å². The van der Waals surface area contributed by atoms with E-state index in [1.807, 2.05) is 19.1 Å². The summed E-state index contributed by atoms with van der Waals surface area (Å²) < 4.78 is 55.5. The van der Waals surface area contributed by atoms with Gasteiger partial charge in [-0.1, -0.05) is 62.4 Å². The van der Waals surface area contributed by atoms with Gasteiger partial charge in [-0.05, 0) is 36.6 Å². The van der Waals surface area contributed by atoms with Crippen molar-refractivity contribution < 1.29 is 47.4 Å². The van der Waals surface area contributed by atoms with Gasteiger partial charge in [0.15, 0.2) is 0 Å². The van der Waals surface area contributed by atoms with E-state index in [4.69, 9.17) is 47.4 Å². The molecule has 1 atom stereocenters. The zero-order valence-corrected chi connectivity index (χ0v) is 29.6.